The number of carbonyl (C=O) groups excluding carboxylic acids is 2. The van der Waals surface area contributed by atoms with Gasteiger partial charge < -0.3 is 0 Å². The summed E-state index contributed by atoms with van der Waals surface area (Å²) in [5.74, 6) is -0.872. The van der Waals surface area contributed by atoms with E-state index in [2.05, 4.69) is 11.4 Å². The average Bonchev–Trinajstić information content (AvgIpc) is 3.11. The molecule has 0 bridgehead atoms. The maximum absolute atomic E-state index is 12.8. The summed E-state index contributed by atoms with van der Waals surface area (Å²) in [6.45, 7) is 0. The molecule has 0 radical (unpaired) electrons. The van der Waals surface area contributed by atoms with Crippen molar-refractivity contribution in [3.05, 3.63) is 78.4 Å². The highest BCUT2D eigenvalue weighted by molar-refractivity contribution is 6.09. The fourth-order valence-corrected chi connectivity index (χ4v) is 2.90. The third-order valence-corrected chi connectivity index (χ3v) is 4.13. The first kappa shape index (κ1) is 16.5. The van der Waals surface area contributed by atoms with Gasteiger partial charge in [-0.05, 0) is 30.7 Å². The molecule has 0 fully saturated rings. The Balaban J connectivity index is 1.86. The molecular weight excluding hydrogens is 314 g/mol. The van der Waals surface area contributed by atoms with Gasteiger partial charge in [-0.15, -0.1) is 0 Å². The van der Waals surface area contributed by atoms with Gasteiger partial charge in [0.25, 0.3) is 5.91 Å². The smallest absolute Gasteiger partial charge is 0.289 e. The van der Waals surface area contributed by atoms with Gasteiger partial charge in [-0.25, -0.2) is 4.79 Å². The maximum Gasteiger partial charge on any atom is 0.329 e. The van der Waals surface area contributed by atoms with Crippen molar-refractivity contribution in [2.24, 2.45) is 5.92 Å². The molecule has 3 rings (SSSR count). The quantitative estimate of drug-likeness (QED) is 0.875. The largest absolute Gasteiger partial charge is 0.329 e. The molecule has 0 heterocycles. The normalized spacial score (nSPS) is 18.4. The lowest BCUT2D eigenvalue weighted by molar-refractivity contribution is 0.0965. The lowest BCUT2D eigenvalue weighted by atomic mass is 10.0. The Bertz CT molecular complexity index is 825. The van der Waals surface area contributed by atoms with Crippen LogP contribution in [0.15, 0.2) is 72.8 Å². The van der Waals surface area contributed by atoms with E-state index in [1.165, 1.54) is 4.90 Å². The summed E-state index contributed by atoms with van der Waals surface area (Å²) in [5, 5.41) is 11.8. The molecule has 1 aliphatic rings. The number of benzene rings is 2. The minimum Gasteiger partial charge on any atom is -0.289 e. The summed E-state index contributed by atoms with van der Waals surface area (Å²) in [6, 6.07) is 19.0. The molecule has 124 valence electrons. The number of hydrogen-bond acceptors (Lipinski definition) is 3. The van der Waals surface area contributed by atoms with E-state index in [1.54, 1.807) is 48.5 Å². The van der Waals surface area contributed by atoms with Crippen molar-refractivity contribution >= 4 is 17.6 Å². The Hall–Kier alpha value is -3.39. The van der Waals surface area contributed by atoms with Gasteiger partial charge in [0.2, 0.25) is 0 Å². The molecule has 0 saturated heterocycles. The Morgan fingerprint density at radius 2 is 1.68 bits per heavy atom. The number of nitrogens with one attached hydrogen (secondary N) is 1. The van der Waals surface area contributed by atoms with E-state index in [0.29, 0.717) is 17.7 Å². The third-order valence-electron chi connectivity index (χ3n) is 4.13. The lowest BCUT2D eigenvalue weighted by Crippen LogP contribution is -2.49. The zero-order valence-electron chi connectivity index (χ0n) is 13.5. The number of urea groups is 1. The molecule has 2 aromatic carbocycles. The van der Waals surface area contributed by atoms with Gasteiger partial charge in [-0.1, -0.05) is 48.6 Å². The Labute approximate surface area is 146 Å². The predicted octanol–water partition coefficient (Wildman–Crippen LogP) is 3.51. The van der Waals surface area contributed by atoms with E-state index < -0.39 is 17.9 Å². The molecule has 0 aromatic heterocycles. The van der Waals surface area contributed by atoms with Gasteiger partial charge in [-0.2, -0.15) is 5.26 Å². The summed E-state index contributed by atoms with van der Waals surface area (Å²) in [4.78, 5) is 26.6. The third kappa shape index (κ3) is 3.59. The van der Waals surface area contributed by atoms with Crippen molar-refractivity contribution in [2.75, 3.05) is 4.90 Å². The SMILES string of the molecule is N#CC1C=CCC1N(C(=O)NC(=O)c1ccccc1)c1ccccc1. The van der Waals surface area contributed by atoms with Crippen molar-refractivity contribution in [2.45, 2.75) is 12.5 Å². The average molecular weight is 331 g/mol. The van der Waals surface area contributed by atoms with Gasteiger partial charge in [0.15, 0.2) is 0 Å². The fraction of sp³-hybridized carbons (Fsp3) is 0.150. The van der Waals surface area contributed by atoms with Crippen LogP contribution in [0, 0.1) is 17.2 Å². The van der Waals surface area contributed by atoms with Crippen LogP contribution in [0.4, 0.5) is 10.5 Å². The molecule has 2 aromatic rings. The number of para-hydroxylation sites is 1. The van der Waals surface area contributed by atoms with Crippen molar-refractivity contribution in [3.8, 4) is 6.07 Å². The first-order chi connectivity index (χ1) is 12.2. The molecule has 5 nitrogen and oxygen atoms in total. The van der Waals surface area contributed by atoms with E-state index in [1.807, 2.05) is 24.3 Å². The van der Waals surface area contributed by atoms with Crippen LogP contribution in [-0.2, 0) is 0 Å². The zero-order chi connectivity index (χ0) is 17.6. The minimum absolute atomic E-state index is 0.337. The van der Waals surface area contributed by atoms with Crippen LogP contribution in [0.1, 0.15) is 16.8 Å². The van der Waals surface area contributed by atoms with Gasteiger partial charge in [-0.3, -0.25) is 15.0 Å². The molecule has 2 unspecified atom stereocenters. The molecule has 3 amide bonds. The van der Waals surface area contributed by atoms with Crippen molar-refractivity contribution in [1.82, 2.24) is 5.32 Å². The Morgan fingerprint density at radius 1 is 1.04 bits per heavy atom. The van der Waals surface area contributed by atoms with Crippen LogP contribution in [0.25, 0.3) is 0 Å². The molecule has 5 heteroatoms. The number of anilines is 1. The molecule has 2 atom stereocenters. The first-order valence-corrected chi connectivity index (χ1v) is 8.01. The van der Waals surface area contributed by atoms with E-state index in [-0.39, 0.29) is 6.04 Å². The van der Waals surface area contributed by atoms with Gasteiger partial charge in [0.05, 0.1) is 18.0 Å². The summed E-state index contributed by atoms with van der Waals surface area (Å²) in [5.41, 5.74) is 1.06. The fourth-order valence-electron chi connectivity index (χ4n) is 2.90. The molecule has 1 N–H and O–H groups in total. The Morgan fingerprint density at radius 3 is 2.32 bits per heavy atom. The van der Waals surface area contributed by atoms with Crippen molar-refractivity contribution in [1.29, 1.82) is 5.26 Å². The van der Waals surface area contributed by atoms with Crippen LogP contribution in [0.2, 0.25) is 0 Å². The molecule has 1 aliphatic carbocycles. The molecular formula is C20H17N3O2. The monoisotopic (exact) mass is 331 g/mol. The highest BCUT2D eigenvalue weighted by Gasteiger charge is 2.33. The molecule has 0 spiro atoms. The number of hydrogen-bond donors (Lipinski definition) is 1. The van der Waals surface area contributed by atoms with E-state index >= 15 is 0 Å². The topological polar surface area (TPSA) is 73.2 Å². The second kappa shape index (κ2) is 7.45. The summed E-state index contributed by atoms with van der Waals surface area (Å²) < 4.78 is 0. The second-order valence-electron chi connectivity index (χ2n) is 5.72. The molecule has 25 heavy (non-hydrogen) atoms. The molecule has 0 aliphatic heterocycles. The number of rotatable bonds is 3. The van der Waals surface area contributed by atoms with E-state index in [0.717, 1.165) is 0 Å². The second-order valence-corrected chi connectivity index (χ2v) is 5.72. The van der Waals surface area contributed by atoms with Crippen LogP contribution in [0.3, 0.4) is 0 Å². The van der Waals surface area contributed by atoms with Gasteiger partial charge in [0.1, 0.15) is 0 Å². The number of nitriles is 1. The zero-order valence-corrected chi connectivity index (χ0v) is 13.5. The van der Waals surface area contributed by atoms with E-state index in [9.17, 15) is 14.9 Å². The van der Waals surface area contributed by atoms with Gasteiger partial charge >= 0.3 is 6.03 Å². The van der Waals surface area contributed by atoms with Crippen molar-refractivity contribution < 1.29 is 9.59 Å². The maximum atomic E-state index is 12.8. The summed E-state index contributed by atoms with van der Waals surface area (Å²) in [7, 11) is 0. The van der Waals surface area contributed by atoms with Crippen LogP contribution in [-0.4, -0.2) is 18.0 Å². The summed E-state index contributed by atoms with van der Waals surface area (Å²) >= 11 is 0. The standard InChI is InChI=1S/C20H17N3O2/c21-14-16-10-7-13-18(16)23(17-11-5-2-6-12-17)20(25)22-19(24)15-8-3-1-4-9-15/h1-12,16,18H,13H2,(H,22,24,25). The number of amides is 3. The molecule has 0 saturated carbocycles. The number of imide groups is 1. The Kier molecular flexibility index (Phi) is 4.91. The van der Waals surface area contributed by atoms with Crippen LogP contribution in [0.5, 0.6) is 0 Å². The van der Waals surface area contributed by atoms with E-state index in [4.69, 9.17) is 0 Å². The highest BCUT2D eigenvalue weighted by Crippen LogP contribution is 2.28. The number of nitrogens with zero attached hydrogens (tertiary/aromatic N) is 2. The van der Waals surface area contributed by atoms with Crippen LogP contribution < -0.4 is 10.2 Å². The van der Waals surface area contributed by atoms with Crippen molar-refractivity contribution in [3.63, 3.8) is 0 Å². The lowest BCUT2D eigenvalue weighted by Gasteiger charge is -2.30. The highest BCUT2D eigenvalue weighted by atomic mass is 16.2. The number of carbonyl (C=O) groups is 2. The summed E-state index contributed by atoms with van der Waals surface area (Å²) in [6.07, 6.45) is 4.26. The van der Waals surface area contributed by atoms with Gasteiger partial charge in [0, 0.05) is 11.3 Å². The van der Waals surface area contributed by atoms with Crippen LogP contribution >= 0.6 is 0 Å². The minimum atomic E-state index is -0.533. The first-order valence-electron chi connectivity index (χ1n) is 8.01. The predicted molar refractivity (Wildman–Crippen MR) is 94.9 cm³/mol.